The van der Waals surface area contributed by atoms with Crippen LogP contribution in [0.2, 0.25) is 0 Å². The maximum Gasteiger partial charge on any atom is 0.320 e. The summed E-state index contributed by atoms with van der Waals surface area (Å²) in [5.74, 6) is -1.11. The third-order valence-electron chi connectivity index (χ3n) is 4.45. The van der Waals surface area contributed by atoms with Crippen LogP contribution in [0.1, 0.15) is 25.3 Å². The van der Waals surface area contributed by atoms with E-state index in [-0.39, 0.29) is 11.6 Å². The summed E-state index contributed by atoms with van der Waals surface area (Å²) in [5, 5.41) is 0. The first-order chi connectivity index (χ1) is 9.49. The lowest BCUT2D eigenvalue weighted by Gasteiger charge is -2.24. The van der Waals surface area contributed by atoms with Gasteiger partial charge in [-0.2, -0.15) is 0 Å². The Morgan fingerprint density at radius 2 is 2.15 bits per heavy atom. The van der Waals surface area contributed by atoms with Gasteiger partial charge in [0, 0.05) is 25.7 Å². The highest BCUT2D eigenvalue weighted by Gasteiger charge is 2.48. The summed E-state index contributed by atoms with van der Waals surface area (Å²) in [6.07, 6.45) is 2.50. The van der Waals surface area contributed by atoms with E-state index in [9.17, 15) is 13.6 Å². The first-order valence-corrected chi connectivity index (χ1v) is 7.00. The molecule has 0 radical (unpaired) electrons. The van der Waals surface area contributed by atoms with E-state index in [1.807, 2.05) is 4.90 Å². The summed E-state index contributed by atoms with van der Waals surface area (Å²) >= 11 is 0. The van der Waals surface area contributed by atoms with Gasteiger partial charge < -0.3 is 9.80 Å². The van der Waals surface area contributed by atoms with Crippen LogP contribution in [0.25, 0.3) is 0 Å². The SMILES string of the molecule is CC12CCCN1C(=O)N(CCc1ccc(F)cc1F)C2. The molecule has 1 aromatic rings. The van der Waals surface area contributed by atoms with Crippen LogP contribution in [0.5, 0.6) is 0 Å². The Kier molecular flexibility index (Phi) is 3.15. The van der Waals surface area contributed by atoms with Crippen molar-refractivity contribution >= 4 is 6.03 Å². The van der Waals surface area contributed by atoms with E-state index in [1.165, 1.54) is 12.1 Å². The highest BCUT2D eigenvalue weighted by molar-refractivity contribution is 5.78. The highest BCUT2D eigenvalue weighted by atomic mass is 19.1. The average Bonchev–Trinajstić information content (AvgIpc) is 2.86. The Balaban J connectivity index is 1.66. The van der Waals surface area contributed by atoms with Crippen molar-refractivity contribution in [3.05, 3.63) is 35.4 Å². The summed E-state index contributed by atoms with van der Waals surface area (Å²) in [7, 11) is 0. The van der Waals surface area contributed by atoms with Crippen molar-refractivity contribution in [2.75, 3.05) is 19.6 Å². The van der Waals surface area contributed by atoms with Gasteiger partial charge in [-0.25, -0.2) is 13.6 Å². The molecule has 108 valence electrons. The van der Waals surface area contributed by atoms with Crippen molar-refractivity contribution in [2.24, 2.45) is 0 Å². The Bertz CT molecular complexity index is 549. The molecule has 1 aromatic carbocycles. The van der Waals surface area contributed by atoms with E-state index >= 15 is 0 Å². The molecule has 5 heteroatoms. The Labute approximate surface area is 117 Å². The standard InChI is InChI=1S/C15H18F2N2O/c1-15-6-2-7-19(15)14(20)18(10-15)8-5-11-3-4-12(16)9-13(11)17/h3-4,9H,2,5-8,10H2,1H3. The topological polar surface area (TPSA) is 23.6 Å². The first kappa shape index (κ1) is 13.3. The van der Waals surface area contributed by atoms with E-state index in [0.717, 1.165) is 25.5 Å². The second-order valence-corrected chi connectivity index (χ2v) is 5.94. The van der Waals surface area contributed by atoms with Gasteiger partial charge in [0.1, 0.15) is 11.6 Å². The maximum atomic E-state index is 13.6. The number of hydrogen-bond acceptors (Lipinski definition) is 1. The number of carbonyl (C=O) groups excluding carboxylic acids is 1. The quantitative estimate of drug-likeness (QED) is 0.835. The number of nitrogens with zero attached hydrogens (tertiary/aromatic N) is 2. The zero-order chi connectivity index (χ0) is 14.3. The highest BCUT2D eigenvalue weighted by Crippen LogP contribution is 2.36. The zero-order valence-electron chi connectivity index (χ0n) is 11.5. The van der Waals surface area contributed by atoms with E-state index in [4.69, 9.17) is 0 Å². The van der Waals surface area contributed by atoms with Gasteiger partial charge in [-0.05, 0) is 37.8 Å². The van der Waals surface area contributed by atoms with E-state index in [1.54, 1.807) is 4.90 Å². The molecular weight excluding hydrogens is 262 g/mol. The first-order valence-electron chi connectivity index (χ1n) is 7.00. The molecule has 2 fully saturated rings. The molecule has 0 aromatic heterocycles. The monoisotopic (exact) mass is 280 g/mol. The van der Waals surface area contributed by atoms with Crippen LogP contribution in [-0.2, 0) is 6.42 Å². The third-order valence-corrected chi connectivity index (χ3v) is 4.45. The summed E-state index contributed by atoms with van der Waals surface area (Å²) in [6.45, 7) is 4.11. The largest absolute Gasteiger partial charge is 0.322 e. The molecule has 3 rings (SSSR count). The predicted octanol–water partition coefficient (Wildman–Crippen LogP) is 2.80. The van der Waals surface area contributed by atoms with Gasteiger partial charge in [0.05, 0.1) is 5.54 Å². The maximum absolute atomic E-state index is 13.6. The van der Waals surface area contributed by atoms with E-state index < -0.39 is 11.6 Å². The number of hydrogen-bond donors (Lipinski definition) is 0. The van der Waals surface area contributed by atoms with E-state index in [0.29, 0.717) is 25.1 Å². The van der Waals surface area contributed by atoms with Crippen molar-refractivity contribution in [1.82, 2.24) is 9.80 Å². The summed E-state index contributed by atoms with van der Waals surface area (Å²) in [4.78, 5) is 16.0. The van der Waals surface area contributed by atoms with Crippen molar-refractivity contribution < 1.29 is 13.6 Å². The number of fused-ring (bicyclic) bond motifs is 1. The van der Waals surface area contributed by atoms with Gasteiger partial charge >= 0.3 is 6.03 Å². The van der Waals surface area contributed by atoms with Gasteiger partial charge in [0.15, 0.2) is 0 Å². The Morgan fingerprint density at radius 3 is 2.85 bits per heavy atom. The summed E-state index contributed by atoms with van der Waals surface area (Å²) in [6, 6.07) is 3.64. The molecule has 2 amide bonds. The minimum absolute atomic E-state index is 0.0486. The second-order valence-electron chi connectivity index (χ2n) is 5.94. The molecule has 2 heterocycles. The normalized spacial score (nSPS) is 25.4. The number of rotatable bonds is 3. The molecule has 20 heavy (non-hydrogen) atoms. The number of benzene rings is 1. The average molecular weight is 280 g/mol. The lowest BCUT2D eigenvalue weighted by molar-refractivity contribution is 0.186. The lowest BCUT2D eigenvalue weighted by Crippen LogP contribution is -2.38. The molecule has 0 N–H and O–H groups in total. The van der Waals surface area contributed by atoms with E-state index in [2.05, 4.69) is 6.92 Å². The van der Waals surface area contributed by atoms with Gasteiger partial charge in [-0.3, -0.25) is 0 Å². The lowest BCUT2D eigenvalue weighted by atomic mass is 10.0. The van der Waals surface area contributed by atoms with Gasteiger partial charge in [-0.15, -0.1) is 0 Å². The van der Waals surface area contributed by atoms with Crippen molar-refractivity contribution in [3.63, 3.8) is 0 Å². The van der Waals surface area contributed by atoms with Crippen LogP contribution in [-0.4, -0.2) is 41.0 Å². The van der Waals surface area contributed by atoms with Crippen molar-refractivity contribution in [3.8, 4) is 0 Å². The van der Waals surface area contributed by atoms with Gasteiger partial charge in [-0.1, -0.05) is 6.07 Å². The molecule has 0 aliphatic carbocycles. The van der Waals surface area contributed by atoms with Crippen LogP contribution < -0.4 is 0 Å². The molecule has 2 saturated heterocycles. The summed E-state index contributed by atoms with van der Waals surface area (Å²) in [5.41, 5.74) is 0.398. The van der Waals surface area contributed by atoms with Crippen LogP contribution >= 0.6 is 0 Å². The number of carbonyl (C=O) groups is 1. The molecule has 0 spiro atoms. The molecule has 3 nitrogen and oxygen atoms in total. The number of halogens is 2. The second kappa shape index (κ2) is 4.72. The predicted molar refractivity (Wildman–Crippen MR) is 71.4 cm³/mol. The van der Waals surface area contributed by atoms with Crippen LogP contribution in [0, 0.1) is 11.6 Å². The van der Waals surface area contributed by atoms with Crippen molar-refractivity contribution in [1.29, 1.82) is 0 Å². The molecule has 2 aliphatic heterocycles. The molecular formula is C15H18F2N2O. The fraction of sp³-hybridized carbons (Fsp3) is 0.533. The fourth-order valence-corrected chi connectivity index (χ4v) is 3.32. The molecule has 0 saturated carbocycles. The minimum Gasteiger partial charge on any atom is -0.322 e. The Morgan fingerprint density at radius 1 is 1.35 bits per heavy atom. The molecule has 1 unspecified atom stereocenters. The van der Waals surface area contributed by atoms with Gasteiger partial charge in [0.2, 0.25) is 0 Å². The smallest absolute Gasteiger partial charge is 0.320 e. The zero-order valence-corrected chi connectivity index (χ0v) is 11.5. The van der Waals surface area contributed by atoms with Gasteiger partial charge in [0.25, 0.3) is 0 Å². The minimum atomic E-state index is -0.573. The number of urea groups is 1. The fourth-order valence-electron chi connectivity index (χ4n) is 3.32. The Hall–Kier alpha value is -1.65. The molecule has 1 atom stereocenters. The van der Waals surface area contributed by atoms with Crippen LogP contribution in [0.3, 0.4) is 0 Å². The van der Waals surface area contributed by atoms with Crippen molar-refractivity contribution in [2.45, 2.75) is 31.7 Å². The third kappa shape index (κ3) is 2.15. The van der Waals surface area contributed by atoms with Crippen LogP contribution in [0.4, 0.5) is 13.6 Å². The van der Waals surface area contributed by atoms with Crippen LogP contribution in [0.15, 0.2) is 18.2 Å². The molecule has 0 bridgehead atoms. The number of amides is 2. The molecule has 2 aliphatic rings. The summed E-state index contributed by atoms with van der Waals surface area (Å²) < 4.78 is 26.4.